The Kier molecular flexibility index (Phi) is 4.16. The van der Waals surface area contributed by atoms with E-state index in [1.807, 2.05) is 0 Å². The van der Waals surface area contributed by atoms with Crippen LogP contribution in [0, 0.1) is 0 Å². The lowest BCUT2D eigenvalue weighted by Crippen LogP contribution is -2.39. The van der Waals surface area contributed by atoms with Crippen LogP contribution in [-0.2, 0) is 11.2 Å². The SMILES string of the molecule is OC1COCC1NCCc1ccc(Br)s1. The predicted octanol–water partition coefficient (Wildman–Crippen LogP) is 1.40. The first kappa shape index (κ1) is 11.5. The lowest BCUT2D eigenvalue weighted by Gasteiger charge is -2.13. The van der Waals surface area contributed by atoms with Gasteiger partial charge in [-0.3, -0.25) is 0 Å². The topological polar surface area (TPSA) is 41.5 Å². The van der Waals surface area contributed by atoms with Crippen molar-refractivity contribution in [1.82, 2.24) is 5.32 Å². The normalized spacial score (nSPS) is 26.0. The molecule has 2 rings (SSSR count). The lowest BCUT2D eigenvalue weighted by molar-refractivity contribution is 0.122. The van der Waals surface area contributed by atoms with Gasteiger partial charge in [-0.25, -0.2) is 0 Å². The fraction of sp³-hybridized carbons (Fsp3) is 0.600. The van der Waals surface area contributed by atoms with Gasteiger partial charge in [0.05, 0.1) is 29.1 Å². The molecule has 1 saturated heterocycles. The summed E-state index contributed by atoms with van der Waals surface area (Å²) in [5.74, 6) is 0. The van der Waals surface area contributed by atoms with Crippen molar-refractivity contribution in [3.63, 3.8) is 0 Å². The second-order valence-corrected chi connectivity index (χ2v) is 6.17. The van der Waals surface area contributed by atoms with Crippen LogP contribution in [0.25, 0.3) is 0 Å². The molecule has 3 nitrogen and oxygen atoms in total. The van der Waals surface area contributed by atoms with Gasteiger partial charge in [-0.2, -0.15) is 0 Å². The fourth-order valence-electron chi connectivity index (χ4n) is 1.60. The van der Waals surface area contributed by atoms with E-state index < -0.39 is 0 Å². The first-order valence-corrected chi connectivity index (χ1v) is 6.60. The average Bonchev–Trinajstić information content (AvgIpc) is 2.77. The van der Waals surface area contributed by atoms with Gasteiger partial charge >= 0.3 is 0 Å². The minimum atomic E-state index is -0.347. The number of hydrogen-bond donors (Lipinski definition) is 2. The molecule has 2 N–H and O–H groups in total. The van der Waals surface area contributed by atoms with Crippen molar-refractivity contribution >= 4 is 27.3 Å². The molecule has 1 fully saturated rings. The summed E-state index contributed by atoms with van der Waals surface area (Å²) in [4.78, 5) is 1.35. The number of thiophene rings is 1. The number of nitrogens with one attached hydrogen (secondary N) is 1. The van der Waals surface area contributed by atoms with Gasteiger partial charge in [-0.05, 0) is 34.5 Å². The van der Waals surface area contributed by atoms with E-state index in [9.17, 15) is 5.11 Å². The molecular weight excluding hydrogens is 278 g/mol. The molecule has 5 heteroatoms. The Morgan fingerprint density at radius 1 is 1.53 bits per heavy atom. The largest absolute Gasteiger partial charge is 0.389 e. The van der Waals surface area contributed by atoms with Crippen LogP contribution < -0.4 is 5.32 Å². The van der Waals surface area contributed by atoms with Gasteiger partial charge in [0, 0.05) is 11.4 Å². The zero-order valence-corrected chi connectivity index (χ0v) is 10.7. The highest BCUT2D eigenvalue weighted by Gasteiger charge is 2.24. The maximum atomic E-state index is 9.50. The summed E-state index contributed by atoms with van der Waals surface area (Å²) in [5, 5.41) is 12.8. The number of aliphatic hydroxyl groups excluding tert-OH is 1. The molecule has 1 aromatic rings. The first-order valence-electron chi connectivity index (χ1n) is 4.99. The third-order valence-corrected chi connectivity index (χ3v) is 4.14. The maximum absolute atomic E-state index is 9.50. The third kappa shape index (κ3) is 3.26. The Hall–Kier alpha value is 0.0600. The van der Waals surface area contributed by atoms with Gasteiger partial charge in [0.2, 0.25) is 0 Å². The molecular formula is C10H14BrNO2S. The van der Waals surface area contributed by atoms with Crippen LogP contribution in [-0.4, -0.2) is 37.0 Å². The van der Waals surface area contributed by atoms with Crippen molar-refractivity contribution in [2.75, 3.05) is 19.8 Å². The highest BCUT2D eigenvalue weighted by atomic mass is 79.9. The molecule has 0 saturated carbocycles. The monoisotopic (exact) mass is 291 g/mol. The summed E-state index contributed by atoms with van der Waals surface area (Å²) in [6.45, 7) is 1.97. The zero-order chi connectivity index (χ0) is 10.7. The molecule has 0 radical (unpaired) electrons. The van der Waals surface area contributed by atoms with Crippen molar-refractivity contribution < 1.29 is 9.84 Å². The van der Waals surface area contributed by atoms with Gasteiger partial charge in [0.15, 0.2) is 0 Å². The molecule has 0 spiro atoms. The van der Waals surface area contributed by atoms with Gasteiger partial charge in [0.1, 0.15) is 0 Å². The summed E-state index contributed by atoms with van der Waals surface area (Å²) < 4.78 is 6.33. The summed E-state index contributed by atoms with van der Waals surface area (Å²) in [6.07, 6.45) is 0.652. The van der Waals surface area contributed by atoms with Crippen LogP contribution in [0.2, 0.25) is 0 Å². The van der Waals surface area contributed by atoms with E-state index in [0.29, 0.717) is 13.2 Å². The first-order chi connectivity index (χ1) is 7.25. The van der Waals surface area contributed by atoms with E-state index >= 15 is 0 Å². The molecule has 1 aliphatic heterocycles. The lowest BCUT2D eigenvalue weighted by atomic mass is 10.2. The number of aliphatic hydroxyl groups is 1. The zero-order valence-electron chi connectivity index (χ0n) is 8.28. The minimum absolute atomic E-state index is 0.105. The molecule has 84 valence electrons. The smallest absolute Gasteiger partial charge is 0.0948 e. The second-order valence-electron chi connectivity index (χ2n) is 3.62. The molecule has 2 atom stereocenters. The number of rotatable bonds is 4. The molecule has 0 aliphatic carbocycles. The van der Waals surface area contributed by atoms with Gasteiger partial charge in [0.25, 0.3) is 0 Å². The quantitative estimate of drug-likeness (QED) is 0.881. The average molecular weight is 292 g/mol. The Labute approximate surface area is 102 Å². The van der Waals surface area contributed by atoms with Crippen LogP contribution in [0.1, 0.15) is 4.88 Å². The molecule has 1 aromatic heterocycles. The molecule has 0 amide bonds. The van der Waals surface area contributed by atoms with E-state index in [1.54, 1.807) is 11.3 Å². The molecule has 0 bridgehead atoms. The highest BCUT2D eigenvalue weighted by Crippen LogP contribution is 2.22. The van der Waals surface area contributed by atoms with E-state index in [1.165, 1.54) is 8.66 Å². The maximum Gasteiger partial charge on any atom is 0.0948 e. The van der Waals surface area contributed by atoms with E-state index in [4.69, 9.17) is 4.74 Å². The summed E-state index contributed by atoms with van der Waals surface area (Å²) >= 11 is 5.19. The number of hydrogen-bond acceptors (Lipinski definition) is 4. The van der Waals surface area contributed by atoms with Crippen LogP contribution >= 0.6 is 27.3 Å². The second kappa shape index (κ2) is 5.41. The fourth-order valence-corrected chi connectivity index (χ4v) is 3.09. The van der Waals surface area contributed by atoms with Crippen LogP contribution in [0.4, 0.5) is 0 Å². The van der Waals surface area contributed by atoms with Crippen molar-refractivity contribution in [3.8, 4) is 0 Å². The van der Waals surface area contributed by atoms with Crippen molar-refractivity contribution in [1.29, 1.82) is 0 Å². The van der Waals surface area contributed by atoms with E-state index in [-0.39, 0.29) is 12.1 Å². The predicted molar refractivity (Wildman–Crippen MR) is 64.3 cm³/mol. The van der Waals surface area contributed by atoms with Crippen molar-refractivity contribution in [3.05, 3.63) is 20.8 Å². The Morgan fingerprint density at radius 3 is 3.00 bits per heavy atom. The third-order valence-electron chi connectivity index (χ3n) is 2.46. The molecule has 15 heavy (non-hydrogen) atoms. The Bertz CT molecular complexity index is 318. The minimum Gasteiger partial charge on any atom is -0.389 e. The molecule has 1 aliphatic rings. The van der Waals surface area contributed by atoms with Crippen LogP contribution in [0.15, 0.2) is 15.9 Å². The van der Waals surface area contributed by atoms with Crippen molar-refractivity contribution in [2.24, 2.45) is 0 Å². The highest BCUT2D eigenvalue weighted by molar-refractivity contribution is 9.11. The van der Waals surface area contributed by atoms with Gasteiger partial charge in [-0.1, -0.05) is 0 Å². The van der Waals surface area contributed by atoms with Gasteiger partial charge in [-0.15, -0.1) is 11.3 Å². The number of ether oxygens (including phenoxy) is 1. The van der Waals surface area contributed by atoms with Crippen molar-refractivity contribution in [2.45, 2.75) is 18.6 Å². The molecule has 2 unspecified atom stereocenters. The van der Waals surface area contributed by atoms with Crippen LogP contribution in [0.5, 0.6) is 0 Å². The summed E-state index contributed by atoms with van der Waals surface area (Å²) in [7, 11) is 0. The van der Waals surface area contributed by atoms with E-state index in [2.05, 4.69) is 33.4 Å². The number of halogens is 1. The Morgan fingerprint density at radius 2 is 2.40 bits per heavy atom. The van der Waals surface area contributed by atoms with Crippen LogP contribution in [0.3, 0.4) is 0 Å². The molecule has 2 heterocycles. The Balaban J connectivity index is 1.70. The standard InChI is InChI=1S/C10H14BrNO2S/c11-10-2-1-7(15-10)3-4-12-8-5-14-6-9(8)13/h1-2,8-9,12-13H,3-6H2. The molecule has 0 aromatic carbocycles. The van der Waals surface area contributed by atoms with E-state index in [0.717, 1.165) is 13.0 Å². The van der Waals surface area contributed by atoms with Gasteiger partial charge < -0.3 is 15.2 Å². The summed E-state index contributed by atoms with van der Waals surface area (Å²) in [6, 6.07) is 4.29. The summed E-state index contributed by atoms with van der Waals surface area (Å²) in [5.41, 5.74) is 0.